The third-order valence-electron chi connectivity index (χ3n) is 3.65. The maximum absolute atomic E-state index is 11.8. The number of hydrogen-bond donors (Lipinski definition) is 0. The van der Waals surface area contributed by atoms with Gasteiger partial charge in [-0.05, 0) is 42.2 Å². The van der Waals surface area contributed by atoms with E-state index in [0.29, 0.717) is 23.0 Å². The van der Waals surface area contributed by atoms with Crippen LogP contribution >= 0.6 is 0 Å². The van der Waals surface area contributed by atoms with E-state index in [0.717, 1.165) is 24.0 Å². The smallest absolute Gasteiger partial charge is 0.870 e. The molecule has 5 nitrogen and oxygen atoms in total. The third-order valence-corrected chi connectivity index (χ3v) is 3.65. The van der Waals surface area contributed by atoms with Crippen molar-refractivity contribution < 1.29 is 75.4 Å². The average molecular weight is 356 g/mol. The Bertz CT molecular complexity index is 647. The summed E-state index contributed by atoms with van der Waals surface area (Å²) in [5.41, 5.74) is 2.01. The number of aryl methyl sites for hydroxylation is 2. The fraction of sp³-hybridized carbons (Fsp3) is 0.333. The van der Waals surface area contributed by atoms with Crippen LogP contribution in [0.15, 0.2) is 30.3 Å². The second-order valence-electron chi connectivity index (χ2n) is 5.02. The zero-order valence-corrected chi connectivity index (χ0v) is 18.0. The first-order valence-corrected chi connectivity index (χ1v) is 7.25. The van der Waals surface area contributed by atoms with Gasteiger partial charge in [0.25, 0.3) is 0 Å². The Morgan fingerprint density at radius 2 is 1.25 bits per heavy atom. The summed E-state index contributed by atoms with van der Waals surface area (Å²) < 4.78 is 21.0. The molecule has 0 N–H and O–H groups in total. The van der Waals surface area contributed by atoms with Crippen molar-refractivity contribution in [1.29, 1.82) is 0 Å². The summed E-state index contributed by atoms with van der Waals surface area (Å²) in [6, 6.07) is 9.05. The van der Waals surface area contributed by atoms with Crippen LogP contribution in [0.5, 0.6) is 28.7 Å². The predicted octanol–water partition coefficient (Wildman–Crippen LogP) is -0.416. The van der Waals surface area contributed by atoms with E-state index in [9.17, 15) is 5.11 Å². The van der Waals surface area contributed by atoms with Gasteiger partial charge in [-0.3, -0.25) is 0 Å². The number of benzene rings is 2. The molecule has 0 atom stereocenters. The molecule has 24 heavy (non-hydrogen) atoms. The summed E-state index contributed by atoms with van der Waals surface area (Å²) in [7, 11) is 6.25. The van der Waals surface area contributed by atoms with Gasteiger partial charge in [-0.1, -0.05) is 17.9 Å². The summed E-state index contributed by atoms with van der Waals surface area (Å²) in [6.07, 6.45) is 1.49. The van der Waals surface area contributed by atoms with Crippen LogP contribution in [-0.2, 0) is 12.8 Å². The zero-order valence-electron chi connectivity index (χ0n) is 14.8. The molecule has 0 aliphatic rings. The molecule has 2 aromatic carbocycles. The van der Waals surface area contributed by atoms with Crippen molar-refractivity contribution in [3.8, 4) is 28.7 Å². The molecule has 6 heteroatoms. The molecule has 0 saturated carbocycles. The molecule has 0 aromatic heterocycles. The van der Waals surface area contributed by atoms with E-state index >= 15 is 0 Å². The van der Waals surface area contributed by atoms with Crippen molar-refractivity contribution in [1.82, 2.24) is 0 Å². The Labute approximate surface area is 185 Å². The summed E-state index contributed by atoms with van der Waals surface area (Å²) in [5, 5.41) is 11.8. The van der Waals surface area contributed by atoms with Crippen molar-refractivity contribution in [3.05, 3.63) is 41.5 Å². The van der Waals surface area contributed by atoms with E-state index in [-0.39, 0.29) is 57.1 Å². The molecule has 0 saturated heterocycles. The molecule has 0 heterocycles. The van der Waals surface area contributed by atoms with Gasteiger partial charge >= 0.3 is 51.4 Å². The summed E-state index contributed by atoms with van der Waals surface area (Å²) in [6.45, 7) is 0. The third kappa shape index (κ3) is 5.03. The van der Waals surface area contributed by atoms with Crippen LogP contribution in [0.2, 0.25) is 0 Å². The van der Waals surface area contributed by atoms with Crippen molar-refractivity contribution in [2.45, 2.75) is 12.8 Å². The molecule has 2 rings (SSSR count). The Balaban J connectivity index is 0.00000288. The quantitative estimate of drug-likeness (QED) is 0.631. The molecule has 0 radical (unpaired) electrons. The van der Waals surface area contributed by atoms with Crippen LogP contribution in [-0.4, -0.2) is 28.4 Å². The van der Waals surface area contributed by atoms with Gasteiger partial charge in [0.2, 0.25) is 5.75 Å². The Hall–Kier alpha value is -0.924. The minimum Gasteiger partial charge on any atom is -0.870 e. The molecular weight excluding hydrogens is 335 g/mol. The first-order valence-electron chi connectivity index (χ1n) is 7.25. The molecule has 2 aromatic rings. The van der Waals surface area contributed by atoms with Crippen LogP contribution in [0.1, 0.15) is 11.1 Å². The van der Waals surface area contributed by atoms with Gasteiger partial charge in [0.05, 0.1) is 28.4 Å². The predicted molar refractivity (Wildman–Crippen MR) is 85.9 cm³/mol. The first-order chi connectivity index (χ1) is 11.1. The maximum atomic E-state index is 11.8. The monoisotopic (exact) mass is 356 g/mol. The molecule has 0 spiro atoms. The standard InChI is InChI=1S/C18H22O5.K/c1-20-15-8-7-12(9-14(15)19)5-6-13-10-16(21-2)18(23-4)17(11-13)22-3;/h7-11,19H,5-6H2,1-4H3;/q;+1/p-1. The summed E-state index contributed by atoms with van der Waals surface area (Å²) in [4.78, 5) is 0. The van der Waals surface area contributed by atoms with Crippen LogP contribution in [0.3, 0.4) is 0 Å². The Kier molecular flexibility index (Phi) is 8.94. The van der Waals surface area contributed by atoms with Crippen molar-refractivity contribution in [2.24, 2.45) is 0 Å². The summed E-state index contributed by atoms with van der Waals surface area (Å²) >= 11 is 0. The number of methoxy groups -OCH3 is 4. The van der Waals surface area contributed by atoms with E-state index in [1.165, 1.54) is 7.11 Å². The first kappa shape index (κ1) is 21.1. The maximum Gasteiger partial charge on any atom is 1.00 e. The number of ether oxygens (including phenoxy) is 4. The van der Waals surface area contributed by atoms with Crippen LogP contribution in [0.4, 0.5) is 0 Å². The van der Waals surface area contributed by atoms with Gasteiger partial charge in [-0.15, -0.1) is 0 Å². The van der Waals surface area contributed by atoms with Crippen molar-refractivity contribution >= 4 is 0 Å². The van der Waals surface area contributed by atoms with Gasteiger partial charge in [0.15, 0.2) is 11.5 Å². The minimum absolute atomic E-state index is 0. The molecular formula is C18H21KO5. The van der Waals surface area contributed by atoms with E-state index in [1.807, 2.05) is 18.2 Å². The normalized spacial score (nSPS) is 9.83. The summed E-state index contributed by atoms with van der Waals surface area (Å²) in [5.74, 6) is 2.09. The second kappa shape index (κ2) is 10.2. The molecule has 124 valence electrons. The number of rotatable bonds is 7. The van der Waals surface area contributed by atoms with Gasteiger partial charge in [0.1, 0.15) is 5.75 Å². The molecule has 0 amide bonds. The fourth-order valence-corrected chi connectivity index (χ4v) is 2.45. The minimum atomic E-state index is -0.102. The van der Waals surface area contributed by atoms with Crippen LogP contribution in [0.25, 0.3) is 0 Å². The zero-order chi connectivity index (χ0) is 16.8. The molecule has 0 aliphatic heterocycles. The van der Waals surface area contributed by atoms with Crippen molar-refractivity contribution in [3.63, 3.8) is 0 Å². The SMILES string of the molecule is COc1ccc(CCc2cc(OC)c(OC)c(OC)c2)cc1[O-].[K+]. The van der Waals surface area contributed by atoms with Gasteiger partial charge in [0, 0.05) is 0 Å². The van der Waals surface area contributed by atoms with Crippen molar-refractivity contribution in [2.75, 3.05) is 28.4 Å². The fourth-order valence-electron chi connectivity index (χ4n) is 2.45. The molecule has 0 bridgehead atoms. The molecule has 0 unspecified atom stereocenters. The van der Waals surface area contributed by atoms with Gasteiger partial charge in [-0.2, -0.15) is 0 Å². The van der Waals surface area contributed by atoms with Crippen LogP contribution < -0.4 is 75.4 Å². The topological polar surface area (TPSA) is 60.0 Å². The van der Waals surface area contributed by atoms with Gasteiger partial charge in [-0.25, -0.2) is 0 Å². The van der Waals surface area contributed by atoms with Crippen LogP contribution in [0, 0.1) is 0 Å². The second-order valence-corrected chi connectivity index (χ2v) is 5.02. The number of hydrogen-bond acceptors (Lipinski definition) is 5. The molecule has 0 aliphatic carbocycles. The van der Waals surface area contributed by atoms with Gasteiger partial charge < -0.3 is 24.1 Å². The molecule has 0 fully saturated rings. The average Bonchev–Trinajstić information content (AvgIpc) is 2.58. The Morgan fingerprint density at radius 1 is 0.708 bits per heavy atom. The van der Waals surface area contributed by atoms with E-state index in [1.54, 1.807) is 33.5 Å². The largest absolute Gasteiger partial charge is 1.00 e. The Morgan fingerprint density at radius 3 is 1.71 bits per heavy atom. The van der Waals surface area contributed by atoms with E-state index in [4.69, 9.17) is 18.9 Å². The van der Waals surface area contributed by atoms with E-state index < -0.39 is 0 Å². The van der Waals surface area contributed by atoms with E-state index in [2.05, 4.69) is 0 Å².